The van der Waals surface area contributed by atoms with Crippen molar-refractivity contribution in [3.63, 3.8) is 0 Å². The van der Waals surface area contributed by atoms with Crippen LogP contribution in [0.15, 0.2) is 9.98 Å². The molecule has 0 amide bonds. The number of Topliss-reactive ketones (excluding diaryl/α,β-unsaturated/α-hetero) is 2. The van der Waals surface area contributed by atoms with Gasteiger partial charge in [-0.25, -0.2) is 0 Å². The Labute approximate surface area is 121 Å². The molecule has 0 aromatic rings. The average molecular weight is 278 g/mol. The summed E-state index contributed by atoms with van der Waals surface area (Å²) in [6, 6.07) is 0.343. The molecule has 2 atom stereocenters. The van der Waals surface area contributed by atoms with Crippen molar-refractivity contribution in [1.82, 2.24) is 0 Å². The van der Waals surface area contributed by atoms with Crippen LogP contribution in [-0.2, 0) is 9.59 Å². The standard InChI is InChI=1S/C16H26N2O2/c1-11(9-13(3)19)17-15-7-5-6-8-16(15)18-12(2)10-14(4)20/h15-16H,5-10H2,1-4H3/t15-,16-/m0/s1. The quantitative estimate of drug-likeness (QED) is 0.701. The molecule has 1 saturated carbocycles. The highest BCUT2D eigenvalue weighted by molar-refractivity contribution is 6.00. The third-order valence-corrected chi connectivity index (χ3v) is 3.48. The van der Waals surface area contributed by atoms with E-state index in [1.807, 2.05) is 13.8 Å². The number of hydrogen-bond donors (Lipinski definition) is 0. The second-order valence-electron chi connectivity index (χ2n) is 5.91. The zero-order valence-electron chi connectivity index (χ0n) is 13.1. The summed E-state index contributed by atoms with van der Waals surface area (Å²) in [5.74, 6) is 0.296. The minimum absolute atomic E-state index is 0.148. The summed E-state index contributed by atoms with van der Waals surface area (Å²) in [5, 5.41) is 0. The summed E-state index contributed by atoms with van der Waals surface area (Å²) in [5.41, 5.74) is 1.79. The van der Waals surface area contributed by atoms with E-state index in [0.717, 1.165) is 24.3 Å². The van der Waals surface area contributed by atoms with Gasteiger partial charge in [0, 0.05) is 24.3 Å². The molecule has 0 bridgehead atoms. The van der Waals surface area contributed by atoms with Crippen LogP contribution in [0.1, 0.15) is 66.2 Å². The van der Waals surface area contributed by atoms with Crippen LogP contribution in [0.2, 0.25) is 0 Å². The highest BCUT2D eigenvalue weighted by atomic mass is 16.1. The largest absolute Gasteiger partial charge is 0.300 e. The molecule has 0 spiro atoms. The van der Waals surface area contributed by atoms with Crippen molar-refractivity contribution in [2.45, 2.75) is 78.3 Å². The minimum Gasteiger partial charge on any atom is -0.300 e. The van der Waals surface area contributed by atoms with E-state index in [4.69, 9.17) is 9.98 Å². The zero-order valence-corrected chi connectivity index (χ0v) is 13.1. The molecule has 1 rings (SSSR count). The zero-order chi connectivity index (χ0) is 15.1. The van der Waals surface area contributed by atoms with E-state index in [2.05, 4.69) is 0 Å². The van der Waals surface area contributed by atoms with Crippen LogP contribution in [0, 0.1) is 0 Å². The van der Waals surface area contributed by atoms with Crippen molar-refractivity contribution < 1.29 is 9.59 Å². The minimum atomic E-state index is 0.148. The maximum atomic E-state index is 11.1. The first kappa shape index (κ1) is 16.7. The van der Waals surface area contributed by atoms with Crippen molar-refractivity contribution in [3.05, 3.63) is 0 Å². The molecule has 112 valence electrons. The third kappa shape index (κ3) is 6.22. The molecule has 0 radical (unpaired) electrons. The van der Waals surface area contributed by atoms with Crippen LogP contribution >= 0.6 is 0 Å². The van der Waals surface area contributed by atoms with Gasteiger partial charge in [0.1, 0.15) is 11.6 Å². The van der Waals surface area contributed by atoms with Gasteiger partial charge in [0.15, 0.2) is 0 Å². The first-order chi connectivity index (χ1) is 9.38. The fourth-order valence-corrected chi connectivity index (χ4v) is 2.77. The van der Waals surface area contributed by atoms with Crippen molar-refractivity contribution in [2.75, 3.05) is 0 Å². The Morgan fingerprint density at radius 1 is 0.800 bits per heavy atom. The van der Waals surface area contributed by atoms with E-state index in [1.165, 1.54) is 12.8 Å². The van der Waals surface area contributed by atoms with Crippen molar-refractivity contribution in [2.24, 2.45) is 9.98 Å². The molecule has 4 nitrogen and oxygen atoms in total. The maximum Gasteiger partial charge on any atom is 0.135 e. The first-order valence-corrected chi connectivity index (χ1v) is 7.44. The summed E-state index contributed by atoms with van der Waals surface area (Å²) < 4.78 is 0. The van der Waals surface area contributed by atoms with Gasteiger partial charge in [0.05, 0.1) is 12.1 Å². The fraction of sp³-hybridized carbons (Fsp3) is 0.750. The predicted octanol–water partition coefficient (Wildman–Crippen LogP) is 3.18. The van der Waals surface area contributed by atoms with Gasteiger partial charge in [0.25, 0.3) is 0 Å². The molecule has 20 heavy (non-hydrogen) atoms. The van der Waals surface area contributed by atoms with Gasteiger partial charge in [-0.2, -0.15) is 0 Å². The van der Waals surface area contributed by atoms with E-state index >= 15 is 0 Å². The van der Waals surface area contributed by atoms with Gasteiger partial charge in [-0.3, -0.25) is 19.6 Å². The SMILES string of the molecule is CC(=O)CC(C)=N[C@H]1CCCC[C@@H]1N=C(C)CC(C)=O. The van der Waals surface area contributed by atoms with Crippen LogP contribution < -0.4 is 0 Å². The second kappa shape index (κ2) is 8.08. The maximum absolute atomic E-state index is 11.1. The Morgan fingerprint density at radius 2 is 1.15 bits per heavy atom. The molecular formula is C16H26N2O2. The Kier molecular flexibility index (Phi) is 6.76. The molecule has 0 heterocycles. The average Bonchev–Trinajstić information content (AvgIpc) is 2.29. The number of aliphatic imine (C=N–C) groups is 2. The number of nitrogens with zero attached hydrogens (tertiary/aromatic N) is 2. The van der Waals surface area contributed by atoms with Crippen molar-refractivity contribution in [3.8, 4) is 0 Å². The fourth-order valence-electron chi connectivity index (χ4n) is 2.77. The molecule has 0 unspecified atom stereocenters. The lowest BCUT2D eigenvalue weighted by atomic mass is 9.90. The van der Waals surface area contributed by atoms with E-state index in [0.29, 0.717) is 12.8 Å². The van der Waals surface area contributed by atoms with Crippen LogP contribution in [0.4, 0.5) is 0 Å². The Balaban J connectivity index is 2.76. The normalized spacial score (nSPS) is 24.6. The molecule has 0 aromatic heterocycles. The topological polar surface area (TPSA) is 58.9 Å². The number of carbonyl (C=O) groups excluding carboxylic acids is 2. The summed E-state index contributed by atoms with van der Waals surface area (Å²) in [7, 11) is 0. The van der Waals surface area contributed by atoms with E-state index in [-0.39, 0.29) is 23.7 Å². The first-order valence-electron chi connectivity index (χ1n) is 7.44. The Bertz CT molecular complexity index is 384. The van der Waals surface area contributed by atoms with Gasteiger partial charge in [-0.05, 0) is 40.5 Å². The predicted molar refractivity (Wildman–Crippen MR) is 82.9 cm³/mol. The lowest BCUT2D eigenvalue weighted by molar-refractivity contribution is -0.116. The molecule has 0 aromatic carbocycles. The van der Waals surface area contributed by atoms with Gasteiger partial charge in [-0.1, -0.05) is 12.8 Å². The summed E-state index contributed by atoms with van der Waals surface area (Å²) >= 11 is 0. The summed E-state index contributed by atoms with van der Waals surface area (Å²) in [4.78, 5) is 31.6. The highest BCUT2D eigenvalue weighted by Gasteiger charge is 2.24. The molecule has 0 N–H and O–H groups in total. The molecule has 1 fully saturated rings. The second-order valence-corrected chi connectivity index (χ2v) is 5.91. The lowest BCUT2D eigenvalue weighted by Gasteiger charge is -2.27. The highest BCUT2D eigenvalue weighted by Crippen LogP contribution is 2.24. The number of carbonyl (C=O) groups is 2. The van der Waals surface area contributed by atoms with E-state index < -0.39 is 0 Å². The Hall–Kier alpha value is -1.32. The summed E-state index contributed by atoms with van der Waals surface area (Å²) in [6.45, 7) is 7.01. The van der Waals surface area contributed by atoms with Gasteiger partial charge < -0.3 is 0 Å². The number of ketones is 2. The van der Waals surface area contributed by atoms with Crippen molar-refractivity contribution in [1.29, 1.82) is 0 Å². The Morgan fingerprint density at radius 3 is 1.45 bits per heavy atom. The van der Waals surface area contributed by atoms with Crippen LogP contribution in [0.3, 0.4) is 0 Å². The molecule has 0 saturated heterocycles. The molecule has 4 heteroatoms. The number of rotatable bonds is 6. The van der Waals surface area contributed by atoms with Gasteiger partial charge in [0.2, 0.25) is 0 Å². The lowest BCUT2D eigenvalue weighted by Crippen LogP contribution is -2.29. The molecular weight excluding hydrogens is 252 g/mol. The third-order valence-electron chi connectivity index (χ3n) is 3.48. The van der Waals surface area contributed by atoms with E-state index in [1.54, 1.807) is 13.8 Å². The van der Waals surface area contributed by atoms with Crippen LogP contribution in [-0.4, -0.2) is 35.1 Å². The monoisotopic (exact) mass is 278 g/mol. The molecule has 0 aliphatic heterocycles. The molecule has 1 aliphatic carbocycles. The van der Waals surface area contributed by atoms with Crippen molar-refractivity contribution >= 4 is 23.0 Å². The number of hydrogen-bond acceptors (Lipinski definition) is 4. The smallest absolute Gasteiger partial charge is 0.135 e. The van der Waals surface area contributed by atoms with Crippen LogP contribution in [0.25, 0.3) is 0 Å². The summed E-state index contributed by atoms with van der Waals surface area (Å²) in [6.07, 6.45) is 5.24. The van der Waals surface area contributed by atoms with Gasteiger partial charge >= 0.3 is 0 Å². The molecule has 1 aliphatic rings. The van der Waals surface area contributed by atoms with Crippen LogP contribution in [0.5, 0.6) is 0 Å². The van der Waals surface area contributed by atoms with E-state index in [9.17, 15) is 9.59 Å². The van der Waals surface area contributed by atoms with Gasteiger partial charge in [-0.15, -0.1) is 0 Å².